The van der Waals surface area contributed by atoms with Gasteiger partial charge in [-0.05, 0) is 106 Å². The molecule has 0 aromatic heterocycles. The average molecular weight is 775 g/mol. The van der Waals surface area contributed by atoms with E-state index in [0.29, 0.717) is 58.5 Å². The molecule has 0 aromatic rings. The number of hydrogen-bond donors (Lipinski definition) is 5. The van der Waals surface area contributed by atoms with E-state index >= 15 is 0 Å². The monoisotopic (exact) mass is 775 g/mol. The zero-order valence-corrected chi connectivity index (χ0v) is 36.3. The molecule has 0 fully saturated rings. The SMILES string of the molecule is CCOC(CCNCCCCNC(=O)C(NC(=O)CCCCCCNC(=NC(=O)OC(C)(C)C)NC(=O)OC(C)(C)C)C(C)(C)C)(OCC)O[SiH](C)C. The molecule has 0 radical (unpaired) electrons. The highest BCUT2D eigenvalue weighted by Gasteiger charge is 2.34. The summed E-state index contributed by atoms with van der Waals surface area (Å²) in [4.78, 5) is 54.3. The van der Waals surface area contributed by atoms with Gasteiger partial charge in [0.15, 0.2) is 9.04 Å². The number of nitrogens with one attached hydrogen (secondary N) is 5. The number of hydrogen-bond acceptors (Lipinski definition) is 10. The van der Waals surface area contributed by atoms with Crippen LogP contribution in [0.3, 0.4) is 0 Å². The van der Waals surface area contributed by atoms with E-state index in [0.717, 1.165) is 32.2 Å². The number of alkyl carbamates (subject to hydrolysis) is 1. The van der Waals surface area contributed by atoms with Gasteiger partial charge in [0, 0.05) is 45.7 Å². The third-order valence-electron chi connectivity index (χ3n) is 7.10. The van der Waals surface area contributed by atoms with Crippen molar-refractivity contribution in [1.82, 2.24) is 26.6 Å². The summed E-state index contributed by atoms with van der Waals surface area (Å²) in [5, 5.41) is 14.8. The first kappa shape index (κ1) is 50.2. The summed E-state index contributed by atoms with van der Waals surface area (Å²) in [6.45, 7) is 27.6. The van der Waals surface area contributed by atoms with E-state index in [2.05, 4.69) is 44.7 Å². The van der Waals surface area contributed by atoms with Crippen LogP contribution in [0.2, 0.25) is 13.1 Å². The van der Waals surface area contributed by atoms with Gasteiger partial charge in [0.05, 0.1) is 0 Å². The summed E-state index contributed by atoms with van der Waals surface area (Å²) < 4.78 is 28.3. The van der Waals surface area contributed by atoms with Crippen LogP contribution in [0, 0.1) is 5.41 Å². The zero-order chi connectivity index (χ0) is 40.7. The molecule has 310 valence electrons. The van der Waals surface area contributed by atoms with Crippen molar-refractivity contribution in [2.24, 2.45) is 10.4 Å². The van der Waals surface area contributed by atoms with Crippen LogP contribution in [0.1, 0.15) is 128 Å². The van der Waals surface area contributed by atoms with Crippen LogP contribution in [0.5, 0.6) is 0 Å². The molecule has 0 aliphatic carbocycles. The molecule has 53 heavy (non-hydrogen) atoms. The molecule has 16 heteroatoms. The van der Waals surface area contributed by atoms with Gasteiger partial charge in [0.25, 0.3) is 5.97 Å². The van der Waals surface area contributed by atoms with Crippen LogP contribution >= 0.6 is 0 Å². The fourth-order valence-corrected chi connectivity index (χ4v) is 5.91. The second-order valence-electron chi connectivity index (χ2n) is 16.2. The Hall–Kier alpha value is -2.79. The highest BCUT2D eigenvalue weighted by Crippen LogP contribution is 2.22. The van der Waals surface area contributed by atoms with Crippen LogP contribution in [0.15, 0.2) is 4.99 Å². The quantitative estimate of drug-likeness (QED) is 0.0291. The number of rotatable bonds is 23. The lowest BCUT2D eigenvalue weighted by Gasteiger charge is -2.34. The molecule has 1 atom stereocenters. The molecule has 0 saturated heterocycles. The largest absolute Gasteiger partial charge is 0.444 e. The normalized spacial score (nSPS) is 13.4. The van der Waals surface area contributed by atoms with Gasteiger partial charge in [-0.25, -0.2) is 9.59 Å². The first-order valence-corrected chi connectivity index (χ1v) is 22.1. The zero-order valence-electron chi connectivity index (χ0n) is 35.2. The molecule has 15 nitrogen and oxygen atoms in total. The van der Waals surface area contributed by atoms with Crippen molar-refractivity contribution in [3.63, 3.8) is 0 Å². The number of guanidine groups is 1. The van der Waals surface area contributed by atoms with Crippen molar-refractivity contribution >= 4 is 39.0 Å². The molecule has 0 rings (SSSR count). The Morgan fingerprint density at radius 1 is 0.698 bits per heavy atom. The van der Waals surface area contributed by atoms with Gasteiger partial charge in [-0.15, -0.1) is 4.99 Å². The van der Waals surface area contributed by atoms with Gasteiger partial charge in [-0.3, -0.25) is 14.9 Å². The molecule has 4 amide bonds. The third-order valence-corrected chi connectivity index (χ3v) is 7.93. The van der Waals surface area contributed by atoms with Crippen molar-refractivity contribution in [2.75, 3.05) is 39.4 Å². The molecule has 0 aliphatic heterocycles. The molecule has 0 aliphatic rings. The number of unbranched alkanes of at least 4 members (excludes halogenated alkanes) is 4. The number of aliphatic imine (C=N–C) groups is 1. The summed E-state index contributed by atoms with van der Waals surface area (Å²) in [5.74, 6) is -1.42. The van der Waals surface area contributed by atoms with Crippen LogP contribution in [-0.2, 0) is 33.0 Å². The molecular formula is C37H74N6O9Si. The van der Waals surface area contributed by atoms with Crippen molar-refractivity contribution < 1.29 is 42.6 Å². The molecule has 0 bridgehead atoms. The first-order valence-electron chi connectivity index (χ1n) is 19.3. The van der Waals surface area contributed by atoms with Gasteiger partial charge < -0.3 is 44.6 Å². The Bertz CT molecular complexity index is 1110. The maximum atomic E-state index is 13.1. The van der Waals surface area contributed by atoms with E-state index in [9.17, 15) is 19.2 Å². The van der Waals surface area contributed by atoms with Gasteiger partial charge >= 0.3 is 12.2 Å². The Labute approximate surface area is 321 Å². The van der Waals surface area contributed by atoms with Crippen LogP contribution in [0.4, 0.5) is 9.59 Å². The standard InChI is InChI=1S/C37H74N6O9Si/c1-14-48-37(49-15-2,52-53(12)13)23-27-38-24-20-21-25-39-30(45)29(34(3,4)5)41-28(44)22-18-16-17-19-26-40-31(42-32(46)50-35(6,7)8)43-33(47)51-36(9,10)11/h29,38,53H,14-27H2,1-13H3,(H,39,45)(H,41,44)(H2,40,42,43,46,47). The number of nitrogens with zero attached hydrogens (tertiary/aromatic N) is 1. The van der Waals surface area contributed by atoms with Crippen molar-refractivity contribution in [3.05, 3.63) is 0 Å². The van der Waals surface area contributed by atoms with E-state index in [1.165, 1.54) is 0 Å². The van der Waals surface area contributed by atoms with Crippen molar-refractivity contribution in [2.45, 2.75) is 164 Å². The predicted molar refractivity (Wildman–Crippen MR) is 211 cm³/mol. The highest BCUT2D eigenvalue weighted by atomic mass is 28.3. The van der Waals surface area contributed by atoms with E-state index in [1.54, 1.807) is 41.5 Å². The van der Waals surface area contributed by atoms with Gasteiger partial charge in [-0.2, -0.15) is 0 Å². The summed E-state index contributed by atoms with van der Waals surface area (Å²) in [6.07, 6.45) is 3.86. The lowest BCUT2D eigenvalue weighted by atomic mass is 9.86. The van der Waals surface area contributed by atoms with Gasteiger partial charge in [0.2, 0.25) is 17.8 Å². The van der Waals surface area contributed by atoms with E-state index in [4.69, 9.17) is 23.4 Å². The maximum absolute atomic E-state index is 13.1. The summed E-state index contributed by atoms with van der Waals surface area (Å²) in [5.41, 5.74) is -1.93. The fourth-order valence-electron chi connectivity index (χ4n) is 4.93. The van der Waals surface area contributed by atoms with Crippen molar-refractivity contribution in [3.8, 4) is 0 Å². The van der Waals surface area contributed by atoms with Crippen LogP contribution < -0.4 is 26.6 Å². The molecule has 0 spiro atoms. The Morgan fingerprint density at radius 2 is 1.25 bits per heavy atom. The molecular weight excluding hydrogens is 701 g/mol. The maximum Gasteiger partial charge on any atom is 0.437 e. The number of amides is 4. The fraction of sp³-hybridized carbons (Fsp3) is 0.865. The minimum Gasteiger partial charge on any atom is -0.444 e. The second-order valence-corrected chi connectivity index (χ2v) is 18.6. The average Bonchev–Trinajstić information content (AvgIpc) is 2.97. The molecule has 5 N–H and O–H groups in total. The Balaban J connectivity index is 4.64. The molecule has 0 aromatic carbocycles. The summed E-state index contributed by atoms with van der Waals surface area (Å²) in [6, 6.07) is -0.660. The lowest BCUT2D eigenvalue weighted by molar-refractivity contribution is -0.345. The summed E-state index contributed by atoms with van der Waals surface area (Å²) >= 11 is 0. The molecule has 0 heterocycles. The van der Waals surface area contributed by atoms with Crippen LogP contribution in [-0.4, -0.2) is 102 Å². The topological polar surface area (TPSA) is 187 Å². The van der Waals surface area contributed by atoms with Crippen LogP contribution in [0.25, 0.3) is 0 Å². The van der Waals surface area contributed by atoms with Crippen molar-refractivity contribution in [1.29, 1.82) is 0 Å². The predicted octanol–water partition coefficient (Wildman–Crippen LogP) is 5.48. The lowest BCUT2D eigenvalue weighted by Crippen LogP contribution is -2.53. The number of carbonyl (C=O) groups is 4. The highest BCUT2D eigenvalue weighted by molar-refractivity contribution is 6.48. The van der Waals surface area contributed by atoms with Gasteiger partial charge in [-0.1, -0.05) is 33.6 Å². The third kappa shape index (κ3) is 26.6. The summed E-state index contributed by atoms with van der Waals surface area (Å²) in [7, 11) is -1.38. The molecule has 1 unspecified atom stereocenters. The van der Waals surface area contributed by atoms with E-state index in [1.807, 2.05) is 34.6 Å². The second kappa shape index (κ2) is 25.3. The minimum absolute atomic E-state index is 0.0629. The Kier molecular flexibility index (Phi) is 24.0. The first-order chi connectivity index (χ1) is 24.5. The van der Waals surface area contributed by atoms with E-state index < -0.39 is 49.9 Å². The molecule has 0 saturated carbocycles. The Morgan fingerprint density at radius 3 is 1.79 bits per heavy atom. The van der Waals surface area contributed by atoms with Gasteiger partial charge in [0.1, 0.15) is 17.2 Å². The number of ether oxygens (including phenoxy) is 4. The number of carbonyl (C=O) groups excluding carboxylic acids is 4. The smallest absolute Gasteiger partial charge is 0.437 e. The minimum atomic E-state index is -1.38. The van der Waals surface area contributed by atoms with E-state index in [-0.39, 0.29) is 17.8 Å².